The van der Waals surface area contributed by atoms with Gasteiger partial charge in [-0.05, 0) is 62.4 Å². The second-order valence-electron chi connectivity index (χ2n) is 8.51. The van der Waals surface area contributed by atoms with E-state index in [-0.39, 0.29) is 17.2 Å². The monoisotopic (exact) mass is 518 g/mol. The number of rotatable bonds is 7. The maximum absolute atomic E-state index is 13.7. The summed E-state index contributed by atoms with van der Waals surface area (Å²) in [6, 6.07) is 17.0. The van der Waals surface area contributed by atoms with Crippen LogP contribution in [0, 0.1) is 0 Å². The minimum atomic E-state index is -0.276. The van der Waals surface area contributed by atoms with Crippen molar-refractivity contribution in [2.75, 3.05) is 12.9 Å². The number of nitrogens with one attached hydrogen (secondary N) is 1. The van der Waals surface area contributed by atoms with Crippen molar-refractivity contribution < 1.29 is 9.53 Å². The molecule has 7 nitrogen and oxygen atoms in total. The lowest BCUT2D eigenvalue weighted by molar-refractivity contribution is -0.118. The molecule has 0 spiro atoms. The molecule has 1 N–H and O–H groups in total. The summed E-state index contributed by atoms with van der Waals surface area (Å²) in [7, 11) is 1.61. The summed E-state index contributed by atoms with van der Waals surface area (Å²) in [6.45, 7) is 1.82. The van der Waals surface area contributed by atoms with E-state index in [4.69, 9.17) is 9.72 Å². The molecule has 0 bridgehead atoms. The van der Waals surface area contributed by atoms with Gasteiger partial charge in [0.05, 0.1) is 29.6 Å². The number of nitrogens with zero attached hydrogens (tertiary/aromatic N) is 3. The first kappa shape index (κ1) is 24.3. The van der Waals surface area contributed by atoms with Crippen molar-refractivity contribution in [1.29, 1.82) is 0 Å². The van der Waals surface area contributed by atoms with Crippen LogP contribution in [0.2, 0.25) is 0 Å². The topological polar surface area (TPSA) is 85.6 Å². The lowest BCUT2D eigenvalue weighted by Crippen LogP contribution is -2.24. The van der Waals surface area contributed by atoms with Crippen LogP contribution in [0.4, 0.5) is 0 Å². The lowest BCUT2D eigenvalue weighted by Gasteiger charge is -2.13. The highest BCUT2D eigenvalue weighted by Gasteiger charge is 2.23. The fourth-order valence-corrected chi connectivity index (χ4v) is 6.42. The number of hydrogen-bond acceptors (Lipinski definition) is 7. The van der Waals surface area contributed by atoms with E-state index < -0.39 is 0 Å². The van der Waals surface area contributed by atoms with Crippen LogP contribution in [-0.2, 0) is 17.6 Å². The maximum Gasteiger partial charge on any atom is 0.267 e. The molecule has 1 aliphatic carbocycles. The van der Waals surface area contributed by atoms with Crippen LogP contribution in [0.15, 0.2) is 69.6 Å². The molecule has 0 saturated carbocycles. The predicted molar refractivity (Wildman–Crippen MR) is 146 cm³/mol. The number of para-hydroxylation sites is 1. The Labute approximate surface area is 217 Å². The van der Waals surface area contributed by atoms with Gasteiger partial charge in [0.25, 0.3) is 11.5 Å². The zero-order valence-corrected chi connectivity index (χ0v) is 21.7. The van der Waals surface area contributed by atoms with E-state index in [0.29, 0.717) is 10.9 Å². The summed E-state index contributed by atoms with van der Waals surface area (Å²) in [4.78, 5) is 33.3. The first-order valence-corrected chi connectivity index (χ1v) is 13.6. The number of thioether (sulfide) groups is 1. The molecule has 5 rings (SSSR count). The number of hydrogen-bond donors (Lipinski definition) is 1. The third-order valence-electron chi connectivity index (χ3n) is 6.14. The minimum absolute atomic E-state index is 0.0691. The molecule has 4 aromatic rings. The second-order valence-corrected chi connectivity index (χ2v) is 10.5. The van der Waals surface area contributed by atoms with Gasteiger partial charge in [-0.1, -0.05) is 42.1 Å². The van der Waals surface area contributed by atoms with Gasteiger partial charge < -0.3 is 4.74 Å². The average molecular weight is 519 g/mol. The highest BCUT2D eigenvalue weighted by Crippen LogP contribution is 2.35. The van der Waals surface area contributed by atoms with Gasteiger partial charge in [-0.2, -0.15) is 5.10 Å². The number of fused-ring (bicyclic) bond motifs is 3. The third kappa shape index (κ3) is 4.94. The molecule has 1 amide bonds. The van der Waals surface area contributed by atoms with Gasteiger partial charge >= 0.3 is 0 Å². The molecule has 2 heterocycles. The molecular weight excluding hydrogens is 492 g/mol. The summed E-state index contributed by atoms with van der Waals surface area (Å²) in [6.07, 6.45) is 4.15. The maximum atomic E-state index is 13.7. The van der Waals surface area contributed by atoms with Gasteiger partial charge in [-0.25, -0.2) is 10.4 Å². The summed E-state index contributed by atoms with van der Waals surface area (Å²) in [5.41, 5.74) is 5.96. The van der Waals surface area contributed by atoms with Gasteiger partial charge in [0.1, 0.15) is 10.6 Å². The highest BCUT2D eigenvalue weighted by molar-refractivity contribution is 7.99. The standard InChI is InChI=1S/C27H26N4O3S2/c1-17(18-9-8-12-20(15-18)34-2)29-30-23(32)16-35-27-28-25-24(21-13-6-7-14-22(21)36-25)26(33)31(27)19-10-4-3-5-11-19/h3-5,8-12,15H,6-7,13-14,16H2,1-2H3,(H,30,32). The largest absolute Gasteiger partial charge is 0.497 e. The van der Waals surface area contributed by atoms with Gasteiger partial charge in [0.15, 0.2) is 5.16 Å². The number of hydrazone groups is 1. The van der Waals surface area contributed by atoms with E-state index in [0.717, 1.165) is 58.5 Å². The van der Waals surface area contributed by atoms with Crippen LogP contribution in [0.1, 0.15) is 35.8 Å². The Bertz CT molecular complexity index is 1510. The van der Waals surface area contributed by atoms with E-state index in [1.54, 1.807) is 23.0 Å². The molecule has 0 radical (unpaired) electrons. The van der Waals surface area contributed by atoms with Crippen LogP contribution < -0.4 is 15.7 Å². The number of thiophene rings is 1. The van der Waals surface area contributed by atoms with E-state index >= 15 is 0 Å². The quantitative estimate of drug-likeness (QED) is 0.162. The SMILES string of the molecule is COc1cccc(C(C)=NNC(=O)CSc2nc3sc4c(c3c(=O)n2-c2ccccc2)CCCC4)c1. The van der Waals surface area contributed by atoms with Crippen LogP contribution in [-0.4, -0.2) is 34.0 Å². The van der Waals surface area contributed by atoms with Crippen molar-refractivity contribution in [3.8, 4) is 11.4 Å². The summed E-state index contributed by atoms with van der Waals surface area (Å²) in [5, 5.41) is 5.46. The van der Waals surface area contributed by atoms with E-state index in [1.165, 1.54) is 16.6 Å². The molecule has 1 aliphatic rings. The molecule has 2 aromatic heterocycles. The first-order valence-electron chi connectivity index (χ1n) is 11.8. The van der Waals surface area contributed by atoms with E-state index in [9.17, 15) is 9.59 Å². The molecule has 0 fully saturated rings. The van der Waals surface area contributed by atoms with Crippen LogP contribution in [0.3, 0.4) is 0 Å². The number of carbonyl (C=O) groups is 1. The molecule has 0 unspecified atom stereocenters. The van der Waals surface area contributed by atoms with Crippen molar-refractivity contribution in [3.05, 3.63) is 81.0 Å². The van der Waals surface area contributed by atoms with Crippen molar-refractivity contribution in [3.63, 3.8) is 0 Å². The lowest BCUT2D eigenvalue weighted by atomic mass is 9.97. The predicted octanol–water partition coefficient (Wildman–Crippen LogP) is 4.97. The number of aryl methyl sites for hydroxylation is 2. The normalized spacial score (nSPS) is 13.4. The Hall–Kier alpha value is -3.43. The number of amides is 1. The minimum Gasteiger partial charge on any atom is -0.497 e. The smallest absolute Gasteiger partial charge is 0.267 e. The van der Waals surface area contributed by atoms with E-state index in [1.807, 2.05) is 61.5 Å². The van der Waals surface area contributed by atoms with Crippen LogP contribution >= 0.6 is 23.1 Å². The Morgan fingerprint density at radius 2 is 1.97 bits per heavy atom. The zero-order chi connectivity index (χ0) is 25.1. The Balaban J connectivity index is 1.41. The Kier molecular flexibility index (Phi) is 7.20. The van der Waals surface area contributed by atoms with Crippen LogP contribution in [0.25, 0.3) is 15.9 Å². The summed E-state index contributed by atoms with van der Waals surface area (Å²) >= 11 is 2.85. The number of aromatic nitrogens is 2. The molecule has 0 aliphatic heterocycles. The molecule has 2 aromatic carbocycles. The number of ether oxygens (including phenoxy) is 1. The number of carbonyl (C=O) groups excluding carboxylic acids is 1. The van der Waals surface area contributed by atoms with Crippen molar-refractivity contribution in [2.24, 2.45) is 5.10 Å². The Morgan fingerprint density at radius 3 is 2.78 bits per heavy atom. The van der Waals surface area contributed by atoms with Gasteiger partial charge in [-0.3, -0.25) is 14.2 Å². The fraction of sp³-hybridized carbons (Fsp3) is 0.259. The van der Waals surface area contributed by atoms with Crippen molar-refractivity contribution in [2.45, 2.75) is 37.8 Å². The van der Waals surface area contributed by atoms with Crippen molar-refractivity contribution >= 4 is 44.9 Å². The number of benzene rings is 2. The molecule has 184 valence electrons. The second kappa shape index (κ2) is 10.7. The Morgan fingerprint density at radius 1 is 1.17 bits per heavy atom. The average Bonchev–Trinajstić information content (AvgIpc) is 3.29. The van der Waals surface area contributed by atoms with Gasteiger partial charge in [0, 0.05) is 10.4 Å². The summed E-state index contributed by atoms with van der Waals surface area (Å²) < 4.78 is 6.88. The van der Waals surface area contributed by atoms with Crippen molar-refractivity contribution in [1.82, 2.24) is 15.0 Å². The van der Waals surface area contributed by atoms with E-state index in [2.05, 4.69) is 10.5 Å². The third-order valence-corrected chi connectivity index (χ3v) is 8.26. The highest BCUT2D eigenvalue weighted by atomic mass is 32.2. The number of methoxy groups -OCH3 is 1. The molecular formula is C27H26N4O3S2. The van der Waals surface area contributed by atoms with Gasteiger partial charge in [-0.15, -0.1) is 11.3 Å². The summed E-state index contributed by atoms with van der Waals surface area (Å²) in [5.74, 6) is 0.520. The molecule has 9 heteroatoms. The van der Waals surface area contributed by atoms with Gasteiger partial charge in [0.2, 0.25) is 0 Å². The first-order chi connectivity index (χ1) is 17.5. The zero-order valence-electron chi connectivity index (χ0n) is 20.1. The fourth-order valence-electron chi connectivity index (χ4n) is 4.31. The van der Waals surface area contributed by atoms with Crippen LogP contribution in [0.5, 0.6) is 5.75 Å². The molecule has 0 saturated heterocycles. The molecule has 36 heavy (non-hydrogen) atoms. The molecule has 0 atom stereocenters.